The van der Waals surface area contributed by atoms with Crippen molar-refractivity contribution in [2.45, 2.75) is 5.92 Å². The lowest BCUT2D eigenvalue weighted by Gasteiger charge is -2.26. The Hall–Kier alpha value is -2.89. The molecular formula is C17H16O6. The summed E-state index contributed by atoms with van der Waals surface area (Å²) in [6.45, 7) is 0.111. The molecule has 1 atom stereocenters. The maximum atomic E-state index is 12.8. The summed E-state index contributed by atoms with van der Waals surface area (Å²) in [5.41, 5.74) is 0.971. The Labute approximate surface area is 132 Å². The van der Waals surface area contributed by atoms with Gasteiger partial charge in [0.2, 0.25) is 5.75 Å². The van der Waals surface area contributed by atoms with Crippen molar-refractivity contribution in [1.29, 1.82) is 0 Å². The van der Waals surface area contributed by atoms with E-state index in [9.17, 15) is 15.0 Å². The molecule has 1 heterocycles. The summed E-state index contributed by atoms with van der Waals surface area (Å²) in [4.78, 5) is 12.8. The molecule has 2 aromatic rings. The number of hydrogen-bond donors (Lipinski definition) is 2. The standard InChI is InChI=1S/C17H16O6/c1-21-16-10(5-6-13(19)17(16)22-2)12-8-23-14-7-9(18)3-4-11(14)15(12)20/h3-7,12,18-19H,8H2,1-2H3. The van der Waals surface area contributed by atoms with Gasteiger partial charge in [0.15, 0.2) is 17.3 Å². The zero-order valence-corrected chi connectivity index (χ0v) is 12.7. The molecule has 2 aromatic carbocycles. The van der Waals surface area contributed by atoms with Crippen LogP contribution in [0.15, 0.2) is 30.3 Å². The summed E-state index contributed by atoms with van der Waals surface area (Å²) >= 11 is 0. The van der Waals surface area contributed by atoms with E-state index in [0.717, 1.165) is 0 Å². The minimum atomic E-state index is -0.587. The molecule has 23 heavy (non-hydrogen) atoms. The van der Waals surface area contributed by atoms with Gasteiger partial charge in [0.1, 0.15) is 18.1 Å². The molecule has 3 rings (SSSR count). The highest BCUT2D eigenvalue weighted by molar-refractivity contribution is 6.04. The predicted molar refractivity (Wildman–Crippen MR) is 81.9 cm³/mol. The van der Waals surface area contributed by atoms with Gasteiger partial charge in [-0.3, -0.25) is 4.79 Å². The van der Waals surface area contributed by atoms with E-state index in [-0.39, 0.29) is 29.6 Å². The van der Waals surface area contributed by atoms with E-state index in [1.807, 2.05) is 0 Å². The summed E-state index contributed by atoms with van der Waals surface area (Å²) in [6, 6.07) is 7.46. The predicted octanol–water partition coefficient (Wildman–Crippen LogP) is 2.47. The van der Waals surface area contributed by atoms with Crippen molar-refractivity contribution >= 4 is 5.78 Å². The van der Waals surface area contributed by atoms with Gasteiger partial charge in [0.05, 0.1) is 25.7 Å². The van der Waals surface area contributed by atoms with Crippen molar-refractivity contribution < 1.29 is 29.2 Å². The lowest BCUT2D eigenvalue weighted by atomic mass is 9.88. The molecule has 0 spiro atoms. The highest BCUT2D eigenvalue weighted by atomic mass is 16.5. The minimum absolute atomic E-state index is 0.0406. The van der Waals surface area contributed by atoms with Crippen molar-refractivity contribution in [2.75, 3.05) is 20.8 Å². The van der Waals surface area contributed by atoms with Gasteiger partial charge in [-0.05, 0) is 18.2 Å². The molecule has 0 saturated heterocycles. The van der Waals surface area contributed by atoms with Crippen LogP contribution in [0.5, 0.6) is 28.7 Å². The first-order valence-electron chi connectivity index (χ1n) is 7.00. The second-order valence-electron chi connectivity index (χ2n) is 5.15. The van der Waals surface area contributed by atoms with Gasteiger partial charge in [-0.2, -0.15) is 0 Å². The number of benzene rings is 2. The third-order valence-corrected chi connectivity index (χ3v) is 3.86. The fraction of sp³-hybridized carbons (Fsp3) is 0.235. The van der Waals surface area contributed by atoms with Crippen molar-refractivity contribution in [3.05, 3.63) is 41.5 Å². The first-order chi connectivity index (χ1) is 11.1. The number of rotatable bonds is 3. The van der Waals surface area contributed by atoms with Gasteiger partial charge in [0, 0.05) is 11.6 Å². The maximum absolute atomic E-state index is 12.8. The van der Waals surface area contributed by atoms with Gasteiger partial charge in [-0.15, -0.1) is 0 Å². The van der Waals surface area contributed by atoms with E-state index < -0.39 is 5.92 Å². The number of fused-ring (bicyclic) bond motifs is 1. The SMILES string of the molecule is COc1c(O)ccc(C2COc3cc(O)ccc3C2=O)c1OC. The zero-order valence-electron chi connectivity index (χ0n) is 12.7. The van der Waals surface area contributed by atoms with Crippen LogP contribution in [-0.4, -0.2) is 36.8 Å². The molecule has 6 heteroatoms. The summed E-state index contributed by atoms with van der Waals surface area (Å²) in [6.07, 6.45) is 0. The van der Waals surface area contributed by atoms with Crippen LogP contribution in [0.3, 0.4) is 0 Å². The van der Waals surface area contributed by atoms with E-state index in [1.165, 1.54) is 38.5 Å². The number of aromatic hydroxyl groups is 2. The molecule has 0 aromatic heterocycles. The summed E-state index contributed by atoms with van der Waals surface area (Å²) in [7, 11) is 2.86. The van der Waals surface area contributed by atoms with Crippen LogP contribution < -0.4 is 14.2 Å². The Balaban J connectivity index is 2.07. The van der Waals surface area contributed by atoms with Crippen molar-refractivity contribution in [2.24, 2.45) is 0 Å². The minimum Gasteiger partial charge on any atom is -0.508 e. The summed E-state index contributed by atoms with van der Waals surface area (Å²) in [5, 5.41) is 19.3. The number of hydrogen-bond acceptors (Lipinski definition) is 6. The van der Waals surface area contributed by atoms with Crippen LogP contribution >= 0.6 is 0 Å². The largest absolute Gasteiger partial charge is 0.508 e. The average Bonchev–Trinajstić information content (AvgIpc) is 2.55. The van der Waals surface area contributed by atoms with E-state index in [1.54, 1.807) is 6.07 Å². The smallest absolute Gasteiger partial charge is 0.203 e. The highest BCUT2D eigenvalue weighted by Crippen LogP contribution is 2.44. The van der Waals surface area contributed by atoms with E-state index in [0.29, 0.717) is 22.6 Å². The molecule has 0 radical (unpaired) electrons. The van der Waals surface area contributed by atoms with Gasteiger partial charge >= 0.3 is 0 Å². The Morgan fingerprint density at radius 1 is 1.09 bits per heavy atom. The molecular weight excluding hydrogens is 300 g/mol. The van der Waals surface area contributed by atoms with Crippen LogP contribution in [0.1, 0.15) is 21.8 Å². The maximum Gasteiger partial charge on any atom is 0.203 e. The number of methoxy groups -OCH3 is 2. The molecule has 1 aliphatic rings. The molecule has 2 N–H and O–H groups in total. The van der Waals surface area contributed by atoms with E-state index in [2.05, 4.69) is 0 Å². The van der Waals surface area contributed by atoms with Crippen LogP contribution in [0.4, 0.5) is 0 Å². The topological polar surface area (TPSA) is 85.2 Å². The number of phenols is 2. The Morgan fingerprint density at radius 3 is 2.52 bits per heavy atom. The third-order valence-electron chi connectivity index (χ3n) is 3.86. The Kier molecular flexibility index (Phi) is 3.73. The van der Waals surface area contributed by atoms with Gasteiger partial charge in [-0.25, -0.2) is 0 Å². The number of carbonyl (C=O) groups is 1. The molecule has 120 valence electrons. The fourth-order valence-corrected chi connectivity index (χ4v) is 2.75. The number of Topliss-reactive ketones (excluding diaryl/α,β-unsaturated/α-hetero) is 1. The first-order valence-corrected chi connectivity index (χ1v) is 7.00. The van der Waals surface area contributed by atoms with Crippen molar-refractivity contribution in [3.8, 4) is 28.7 Å². The van der Waals surface area contributed by atoms with Gasteiger partial charge in [0.25, 0.3) is 0 Å². The Morgan fingerprint density at radius 2 is 1.83 bits per heavy atom. The zero-order chi connectivity index (χ0) is 16.6. The van der Waals surface area contributed by atoms with Crippen molar-refractivity contribution in [3.63, 3.8) is 0 Å². The molecule has 1 aliphatic heterocycles. The average molecular weight is 316 g/mol. The van der Waals surface area contributed by atoms with Crippen LogP contribution in [-0.2, 0) is 0 Å². The number of carbonyl (C=O) groups excluding carboxylic acids is 1. The molecule has 0 aliphatic carbocycles. The first kappa shape index (κ1) is 15.0. The third kappa shape index (κ3) is 2.42. The van der Waals surface area contributed by atoms with E-state index in [4.69, 9.17) is 14.2 Å². The second-order valence-corrected chi connectivity index (χ2v) is 5.15. The van der Waals surface area contributed by atoms with Crippen molar-refractivity contribution in [1.82, 2.24) is 0 Å². The molecule has 0 amide bonds. The second kappa shape index (κ2) is 5.72. The molecule has 6 nitrogen and oxygen atoms in total. The molecule has 0 bridgehead atoms. The summed E-state index contributed by atoms with van der Waals surface area (Å²) in [5.74, 6) is 0.0807. The van der Waals surface area contributed by atoms with E-state index >= 15 is 0 Å². The number of ether oxygens (including phenoxy) is 3. The molecule has 1 unspecified atom stereocenters. The summed E-state index contributed by atoms with van der Waals surface area (Å²) < 4.78 is 16.1. The highest BCUT2D eigenvalue weighted by Gasteiger charge is 2.33. The molecule has 0 fully saturated rings. The normalized spacial score (nSPS) is 16.4. The monoisotopic (exact) mass is 316 g/mol. The lowest BCUT2D eigenvalue weighted by molar-refractivity contribution is 0.0893. The van der Waals surface area contributed by atoms with Gasteiger partial charge < -0.3 is 24.4 Å². The van der Waals surface area contributed by atoms with Gasteiger partial charge in [-0.1, -0.05) is 6.07 Å². The van der Waals surface area contributed by atoms with Crippen LogP contribution in [0, 0.1) is 0 Å². The number of ketones is 1. The van der Waals surface area contributed by atoms with Crippen LogP contribution in [0.2, 0.25) is 0 Å². The Bertz CT molecular complexity index is 768. The lowest BCUT2D eigenvalue weighted by Crippen LogP contribution is -2.26. The quantitative estimate of drug-likeness (QED) is 0.905. The van der Waals surface area contributed by atoms with Crippen LogP contribution in [0.25, 0.3) is 0 Å². The number of phenolic OH excluding ortho intramolecular Hbond substituents is 2. The fourth-order valence-electron chi connectivity index (χ4n) is 2.75. The molecule has 0 saturated carbocycles.